The van der Waals surface area contributed by atoms with Crippen LogP contribution < -0.4 is 16.0 Å². The number of carbonyl (C=O) groups excluding carboxylic acids is 3. The Labute approximate surface area is 206 Å². The summed E-state index contributed by atoms with van der Waals surface area (Å²) in [6, 6.07) is -0.609. The van der Waals surface area contributed by atoms with Crippen LogP contribution in [0.3, 0.4) is 0 Å². The molecule has 0 radical (unpaired) electrons. The van der Waals surface area contributed by atoms with Gasteiger partial charge in [-0.05, 0) is 30.6 Å². The second-order valence-electron chi connectivity index (χ2n) is 9.65. The van der Waals surface area contributed by atoms with Crippen molar-refractivity contribution in [3.63, 3.8) is 0 Å². The zero-order valence-corrected chi connectivity index (χ0v) is 22.2. The highest BCUT2D eigenvalue weighted by molar-refractivity contribution is 5.87. The summed E-state index contributed by atoms with van der Waals surface area (Å²) in [5.74, 6) is 0.459. The minimum atomic E-state index is -0.609. The summed E-state index contributed by atoms with van der Waals surface area (Å²) in [6.45, 7) is 16.0. The Morgan fingerprint density at radius 2 is 1.26 bits per heavy atom. The van der Waals surface area contributed by atoms with E-state index in [-0.39, 0.29) is 30.1 Å². The highest BCUT2D eigenvalue weighted by Crippen LogP contribution is 2.03. The monoisotopic (exact) mass is 487 g/mol. The number of hydrogen-bond acceptors (Lipinski definition) is 6. The quantitative estimate of drug-likeness (QED) is 0.214. The minimum Gasteiger partial charge on any atom is -0.379 e. The molecule has 0 rings (SSSR count). The number of rotatable bonds is 21. The van der Waals surface area contributed by atoms with Crippen LogP contribution in [-0.4, -0.2) is 76.5 Å². The number of amides is 3. The van der Waals surface area contributed by atoms with Gasteiger partial charge in [-0.2, -0.15) is 0 Å². The Hall–Kier alpha value is -1.71. The maximum absolute atomic E-state index is 12.5. The molecule has 0 aromatic heterocycles. The number of ether oxygens (including phenoxy) is 3. The van der Waals surface area contributed by atoms with Gasteiger partial charge in [0.1, 0.15) is 6.04 Å². The van der Waals surface area contributed by atoms with Gasteiger partial charge in [0.25, 0.3) is 0 Å². The van der Waals surface area contributed by atoms with Gasteiger partial charge in [0, 0.05) is 32.5 Å². The van der Waals surface area contributed by atoms with Gasteiger partial charge < -0.3 is 30.2 Å². The minimum absolute atomic E-state index is 0.00487. The molecule has 1 atom stereocenters. The summed E-state index contributed by atoms with van der Waals surface area (Å²) in [7, 11) is 0. The molecule has 0 saturated heterocycles. The topological polar surface area (TPSA) is 115 Å². The van der Waals surface area contributed by atoms with Gasteiger partial charge in [-0.3, -0.25) is 14.4 Å². The summed E-state index contributed by atoms with van der Waals surface area (Å²) >= 11 is 0. The Morgan fingerprint density at radius 3 is 1.82 bits per heavy atom. The number of carbonyl (C=O) groups is 3. The van der Waals surface area contributed by atoms with Gasteiger partial charge in [-0.15, -0.1) is 0 Å². The van der Waals surface area contributed by atoms with Gasteiger partial charge in [0.05, 0.1) is 33.0 Å². The van der Waals surface area contributed by atoms with Crippen LogP contribution in [0.2, 0.25) is 0 Å². The Morgan fingerprint density at radius 1 is 0.676 bits per heavy atom. The molecule has 1 unspecified atom stereocenters. The molecule has 0 bridgehead atoms. The lowest BCUT2D eigenvalue weighted by Gasteiger charge is -2.21. The van der Waals surface area contributed by atoms with Crippen LogP contribution in [0.15, 0.2) is 0 Å². The normalized spacial score (nSPS) is 12.3. The lowest BCUT2D eigenvalue weighted by atomic mass is 10.0. The van der Waals surface area contributed by atoms with Crippen molar-refractivity contribution in [3.05, 3.63) is 0 Å². The zero-order valence-electron chi connectivity index (χ0n) is 22.2. The molecular formula is C25H49N3O6. The van der Waals surface area contributed by atoms with Gasteiger partial charge in [-0.1, -0.05) is 41.5 Å². The maximum atomic E-state index is 12.5. The van der Waals surface area contributed by atoms with Crippen molar-refractivity contribution in [3.8, 4) is 0 Å². The third-order valence-electron chi connectivity index (χ3n) is 4.89. The van der Waals surface area contributed by atoms with Crippen molar-refractivity contribution in [2.24, 2.45) is 17.8 Å². The molecule has 3 amide bonds. The highest BCUT2D eigenvalue weighted by Gasteiger charge is 2.23. The van der Waals surface area contributed by atoms with Crippen LogP contribution in [-0.2, 0) is 28.6 Å². The van der Waals surface area contributed by atoms with Crippen molar-refractivity contribution in [2.75, 3.05) is 52.7 Å². The predicted octanol–water partition coefficient (Wildman–Crippen LogP) is 2.28. The lowest BCUT2D eigenvalue weighted by Crippen LogP contribution is -2.50. The second kappa shape index (κ2) is 20.6. The number of hydrogen-bond donors (Lipinski definition) is 3. The van der Waals surface area contributed by atoms with E-state index >= 15 is 0 Å². The van der Waals surface area contributed by atoms with Gasteiger partial charge in [0.2, 0.25) is 17.7 Å². The summed E-state index contributed by atoms with van der Waals surface area (Å²) in [6.07, 6.45) is 2.31. The fourth-order valence-corrected chi connectivity index (χ4v) is 2.92. The first-order chi connectivity index (χ1) is 16.1. The van der Waals surface area contributed by atoms with E-state index in [1.54, 1.807) is 0 Å². The first-order valence-electron chi connectivity index (χ1n) is 12.7. The molecule has 0 aliphatic heterocycles. The van der Waals surface area contributed by atoms with Crippen LogP contribution in [0.25, 0.3) is 0 Å². The summed E-state index contributed by atoms with van der Waals surface area (Å²) < 4.78 is 16.4. The van der Waals surface area contributed by atoms with Gasteiger partial charge >= 0.3 is 0 Å². The molecule has 0 heterocycles. The first-order valence-corrected chi connectivity index (χ1v) is 12.7. The van der Waals surface area contributed by atoms with Crippen molar-refractivity contribution in [1.29, 1.82) is 0 Å². The average Bonchev–Trinajstić information content (AvgIpc) is 2.74. The zero-order chi connectivity index (χ0) is 25.8. The van der Waals surface area contributed by atoms with Crippen molar-refractivity contribution < 1.29 is 28.6 Å². The largest absolute Gasteiger partial charge is 0.379 e. The molecule has 9 nitrogen and oxygen atoms in total. The van der Waals surface area contributed by atoms with E-state index < -0.39 is 6.04 Å². The third kappa shape index (κ3) is 19.7. The molecule has 9 heteroatoms. The van der Waals surface area contributed by atoms with Crippen LogP contribution in [0.5, 0.6) is 0 Å². The van der Waals surface area contributed by atoms with E-state index in [1.807, 2.05) is 27.7 Å². The molecular weight excluding hydrogens is 438 g/mol. The molecule has 34 heavy (non-hydrogen) atoms. The molecule has 0 aromatic rings. The predicted molar refractivity (Wildman–Crippen MR) is 133 cm³/mol. The SMILES string of the molecule is CC(C)CCOCCOCCOCCNC(=O)C(NC(=O)CCCNC(=O)CC(C)C)C(C)C. The van der Waals surface area contributed by atoms with E-state index in [0.29, 0.717) is 70.8 Å². The number of nitrogens with one attached hydrogen (secondary N) is 3. The maximum Gasteiger partial charge on any atom is 0.242 e. The molecule has 0 aliphatic rings. The molecule has 0 saturated carbocycles. The van der Waals surface area contributed by atoms with E-state index in [9.17, 15) is 14.4 Å². The van der Waals surface area contributed by atoms with E-state index in [4.69, 9.17) is 14.2 Å². The van der Waals surface area contributed by atoms with Crippen LogP contribution in [0.1, 0.15) is 67.2 Å². The molecule has 0 spiro atoms. The molecule has 0 aliphatic carbocycles. The standard InChI is InChI=1S/C25H49N3O6/c1-19(2)9-12-32-14-16-34-17-15-33-13-11-27-25(31)24(21(5)6)28-22(29)8-7-10-26-23(30)18-20(3)4/h19-21,24H,7-18H2,1-6H3,(H,26,30)(H,27,31)(H,28,29). The van der Waals surface area contributed by atoms with Crippen LogP contribution >= 0.6 is 0 Å². The Bertz CT molecular complexity index is 555. The second-order valence-corrected chi connectivity index (χ2v) is 9.65. The van der Waals surface area contributed by atoms with Crippen molar-refractivity contribution >= 4 is 17.7 Å². The van der Waals surface area contributed by atoms with E-state index in [1.165, 1.54) is 0 Å². The smallest absolute Gasteiger partial charge is 0.242 e. The summed E-state index contributed by atoms with van der Waals surface area (Å²) in [4.78, 5) is 36.3. The Balaban J connectivity index is 3.86. The Kier molecular flexibility index (Phi) is 19.6. The van der Waals surface area contributed by atoms with Gasteiger partial charge in [-0.25, -0.2) is 0 Å². The van der Waals surface area contributed by atoms with Crippen LogP contribution in [0.4, 0.5) is 0 Å². The highest BCUT2D eigenvalue weighted by atomic mass is 16.5. The van der Waals surface area contributed by atoms with E-state index in [2.05, 4.69) is 29.8 Å². The molecule has 3 N–H and O–H groups in total. The summed E-state index contributed by atoms with van der Waals surface area (Å²) in [5, 5.41) is 8.41. The third-order valence-corrected chi connectivity index (χ3v) is 4.89. The fourth-order valence-electron chi connectivity index (χ4n) is 2.92. The van der Waals surface area contributed by atoms with Crippen molar-refractivity contribution in [2.45, 2.75) is 73.3 Å². The molecule has 200 valence electrons. The van der Waals surface area contributed by atoms with Gasteiger partial charge in [0.15, 0.2) is 0 Å². The lowest BCUT2D eigenvalue weighted by molar-refractivity contribution is -0.130. The van der Waals surface area contributed by atoms with Crippen LogP contribution in [0, 0.1) is 17.8 Å². The summed E-state index contributed by atoms with van der Waals surface area (Å²) in [5.41, 5.74) is 0. The first kappa shape index (κ1) is 32.3. The fraction of sp³-hybridized carbons (Fsp3) is 0.880. The molecule has 0 aromatic carbocycles. The van der Waals surface area contributed by atoms with Crippen molar-refractivity contribution in [1.82, 2.24) is 16.0 Å². The average molecular weight is 488 g/mol. The van der Waals surface area contributed by atoms with E-state index in [0.717, 1.165) is 13.0 Å². The molecule has 0 fully saturated rings.